The molecule has 2 aliphatic heterocycles. The molecule has 1 aliphatic carbocycles. The molecule has 124 valence electrons. The Morgan fingerprint density at radius 3 is 2.48 bits per heavy atom. The van der Waals surface area contributed by atoms with E-state index >= 15 is 0 Å². The van der Waals surface area contributed by atoms with Crippen LogP contribution in [0.5, 0.6) is 0 Å². The summed E-state index contributed by atoms with van der Waals surface area (Å²) in [7, 11) is 0. The molecule has 1 amide bonds. The molecule has 3 nitrogen and oxygen atoms in total. The Labute approximate surface area is 147 Å². The molecule has 4 heteroatoms. The zero-order chi connectivity index (χ0) is 15.8. The Morgan fingerprint density at radius 2 is 1.78 bits per heavy atom. The maximum absolute atomic E-state index is 12.4. The van der Waals surface area contributed by atoms with Gasteiger partial charge in [0.15, 0.2) is 0 Å². The zero-order valence-corrected chi connectivity index (χ0v) is 15.2. The first kappa shape index (κ1) is 15.6. The van der Waals surface area contributed by atoms with Crippen LogP contribution in [-0.4, -0.2) is 47.9 Å². The van der Waals surface area contributed by atoms with E-state index in [1.807, 2.05) is 18.2 Å². The third-order valence-electron chi connectivity index (χ3n) is 6.05. The lowest BCUT2D eigenvalue weighted by atomic mass is 10.0. The monoisotopic (exact) mass is 376 g/mol. The summed E-state index contributed by atoms with van der Waals surface area (Å²) < 4.78 is 1.11. The average molecular weight is 377 g/mol. The van der Waals surface area contributed by atoms with Crippen molar-refractivity contribution >= 4 is 21.8 Å². The summed E-state index contributed by atoms with van der Waals surface area (Å²) in [4.78, 5) is 17.1. The largest absolute Gasteiger partial charge is 0.339 e. The number of benzene rings is 1. The van der Waals surface area contributed by atoms with E-state index < -0.39 is 0 Å². The van der Waals surface area contributed by atoms with Crippen LogP contribution in [0.4, 0.5) is 0 Å². The van der Waals surface area contributed by atoms with Gasteiger partial charge in [-0.25, -0.2) is 0 Å². The topological polar surface area (TPSA) is 23.6 Å². The van der Waals surface area contributed by atoms with Crippen molar-refractivity contribution in [3.63, 3.8) is 0 Å². The van der Waals surface area contributed by atoms with Crippen molar-refractivity contribution in [2.75, 3.05) is 26.2 Å². The summed E-state index contributed by atoms with van der Waals surface area (Å²) in [5.74, 6) is 2.22. The first-order chi connectivity index (χ1) is 11.2. The van der Waals surface area contributed by atoms with Gasteiger partial charge < -0.3 is 4.90 Å². The van der Waals surface area contributed by atoms with E-state index in [2.05, 4.69) is 31.8 Å². The van der Waals surface area contributed by atoms with Crippen LogP contribution in [0.2, 0.25) is 0 Å². The number of fused-ring (bicyclic) bond motifs is 1. The van der Waals surface area contributed by atoms with Gasteiger partial charge in [0.1, 0.15) is 0 Å². The van der Waals surface area contributed by atoms with E-state index in [4.69, 9.17) is 0 Å². The number of hydrogen-bond acceptors (Lipinski definition) is 2. The van der Waals surface area contributed by atoms with Crippen molar-refractivity contribution < 1.29 is 4.79 Å². The second-order valence-electron chi connectivity index (χ2n) is 7.45. The Hall–Kier alpha value is -0.870. The van der Waals surface area contributed by atoms with Gasteiger partial charge in [-0.05, 0) is 42.7 Å². The van der Waals surface area contributed by atoms with Crippen LogP contribution in [0, 0.1) is 11.8 Å². The minimum absolute atomic E-state index is 0.316. The molecule has 0 aromatic heterocycles. The summed E-state index contributed by atoms with van der Waals surface area (Å²) in [6.07, 6.45) is 5.76. The van der Waals surface area contributed by atoms with Crippen molar-refractivity contribution in [1.82, 2.24) is 9.80 Å². The average Bonchev–Trinajstić information content (AvgIpc) is 3.06. The molecule has 0 spiro atoms. The first-order valence-corrected chi connectivity index (χ1v) is 9.75. The van der Waals surface area contributed by atoms with Crippen molar-refractivity contribution in [2.45, 2.75) is 38.1 Å². The van der Waals surface area contributed by atoms with Crippen LogP contribution in [0.3, 0.4) is 0 Å². The van der Waals surface area contributed by atoms with Crippen LogP contribution >= 0.6 is 15.9 Å². The first-order valence-electron chi connectivity index (χ1n) is 8.96. The standard InChI is InChI=1S/C19H25BrN2O/c20-18-7-2-1-4-14(18)8-9-19(23)22-12-17(13-22)21-10-15-5-3-6-16(15)11-21/h1-2,4,7,15-17H,3,5-6,8-13H2. The molecule has 2 heterocycles. The van der Waals surface area contributed by atoms with E-state index in [9.17, 15) is 4.79 Å². The van der Waals surface area contributed by atoms with Crippen LogP contribution < -0.4 is 0 Å². The number of amides is 1. The van der Waals surface area contributed by atoms with E-state index in [-0.39, 0.29) is 0 Å². The fourth-order valence-electron chi connectivity index (χ4n) is 4.56. The normalized spacial score (nSPS) is 28.0. The molecule has 0 bridgehead atoms. The maximum Gasteiger partial charge on any atom is 0.223 e. The van der Waals surface area contributed by atoms with Crippen LogP contribution in [0.1, 0.15) is 31.2 Å². The van der Waals surface area contributed by atoms with Gasteiger partial charge in [-0.3, -0.25) is 9.69 Å². The van der Waals surface area contributed by atoms with Gasteiger partial charge in [-0.2, -0.15) is 0 Å². The molecular weight excluding hydrogens is 352 g/mol. The van der Waals surface area contributed by atoms with E-state index in [1.165, 1.54) is 37.9 Å². The molecule has 3 aliphatic rings. The summed E-state index contributed by atoms with van der Waals surface area (Å²) in [6.45, 7) is 4.48. The van der Waals surface area contributed by atoms with Crippen LogP contribution in [0.15, 0.2) is 28.7 Å². The number of carbonyl (C=O) groups excluding carboxylic acids is 1. The molecular formula is C19H25BrN2O. The maximum atomic E-state index is 12.4. The quantitative estimate of drug-likeness (QED) is 0.804. The highest BCUT2D eigenvalue weighted by molar-refractivity contribution is 9.10. The smallest absolute Gasteiger partial charge is 0.223 e. The van der Waals surface area contributed by atoms with Gasteiger partial charge in [0.05, 0.1) is 0 Å². The van der Waals surface area contributed by atoms with Gasteiger partial charge in [0.2, 0.25) is 5.91 Å². The number of hydrogen-bond donors (Lipinski definition) is 0. The lowest BCUT2D eigenvalue weighted by Gasteiger charge is -2.44. The molecule has 4 rings (SSSR count). The summed E-state index contributed by atoms with van der Waals surface area (Å²) >= 11 is 3.56. The Balaban J connectivity index is 1.22. The highest BCUT2D eigenvalue weighted by Gasteiger charge is 2.42. The molecule has 23 heavy (non-hydrogen) atoms. The van der Waals surface area contributed by atoms with Gasteiger partial charge in [-0.15, -0.1) is 0 Å². The predicted molar refractivity (Wildman–Crippen MR) is 95.2 cm³/mol. The minimum Gasteiger partial charge on any atom is -0.339 e. The summed E-state index contributed by atoms with van der Waals surface area (Å²) in [6, 6.07) is 8.83. The predicted octanol–water partition coefficient (Wildman–Crippen LogP) is 3.32. The van der Waals surface area contributed by atoms with Gasteiger partial charge >= 0.3 is 0 Å². The highest BCUT2D eigenvalue weighted by Crippen LogP contribution is 2.39. The Morgan fingerprint density at radius 1 is 1.09 bits per heavy atom. The molecule has 3 fully saturated rings. The number of halogens is 1. The molecule has 0 N–H and O–H groups in total. The second-order valence-corrected chi connectivity index (χ2v) is 8.30. The third-order valence-corrected chi connectivity index (χ3v) is 6.83. The molecule has 1 saturated carbocycles. The van der Waals surface area contributed by atoms with E-state index in [1.54, 1.807) is 0 Å². The van der Waals surface area contributed by atoms with E-state index in [0.29, 0.717) is 18.4 Å². The van der Waals surface area contributed by atoms with Gasteiger partial charge in [0.25, 0.3) is 0 Å². The number of rotatable bonds is 4. The highest BCUT2D eigenvalue weighted by atomic mass is 79.9. The second kappa shape index (κ2) is 6.56. The van der Waals surface area contributed by atoms with Gasteiger partial charge in [0, 0.05) is 43.1 Å². The molecule has 2 atom stereocenters. The Bertz CT molecular complexity index is 572. The van der Waals surface area contributed by atoms with Crippen molar-refractivity contribution in [1.29, 1.82) is 0 Å². The van der Waals surface area contributed by atoms with Crippen molar-refractivity contribution in [3.8, 4) is 0 Å². The number of nitrogens with zero attached hydrogens (tertiary/aromatic N) is 2. The molecule has 1 aromatic carbocycles. The Kier molecular flexibility index (Phi) is 4.46. The minimum atomic E-state index is 0.316. The number of aryl methyl sites for hydroxylation is 1. The molecule has 1 aromatic rings. The van der Waals surface area contributed by atoms with Crippen molar-refractivity contribution in [3.05, 3.63) is 34.3 Å². The lowest BCUT2D eigenvalue weighted by Crippen LogP contribution is -2.60. The fourth-order valence-corrected chi connectivity index (χ4v) is 5.04. The molecule has 0 radical (unpaired) electrons. The van der Waals surface area contributed by atoms with Gasteiger partial charge in [-0.1, -0.05) is 40.5 Å². The number of carbonyl (C=O) groups is 1. The molecule has 2 unspecified atom stereocenters. The van der Waals surface area contributed by atoms with E-state index in [0.717, 1.165) is 35.8 Å². The fraction of sp³-hybridized carbons (Fsp3) is 0.632. The number of likely N-dealkylation sites (tertiary alicyclic amines) is 2. The van der Waals surface area contributed by atoms with Crippen LogP contribution in [-0.2, 0) is 11.2 Å². The zero-order valence-electron chi connectivity index (χ0n) is 13.6. The van der Waals surface area contributed by atoms with Crippen molar-refractivity contribution in [2.24, 2.45) is 11.8 Å². The molecule has 2 saturated heterocycles. The SMILES string of the molecule is O=C(CCc1ccccc1Br)N1CC(N2CC3CCCC3C2)C1. The summed E-state index contributed by atoms with van der Waals surface area (Å²) in [5.41, 5.74) is 1.23. The van der Waals surface area contributed by atoms with Crippen LogP contribution in [0.25, 0.3) is 0 Å². The summed E-state index contributed by atoms with van der Waals surface area (Å²) in [5, 5.41) is 0. The third kappa shape index (κ3) is 3.20. The lowest BCUT2D eigenvalue weighted by molar-refractivity contribution is -0.138.